The summed E-state index contributed by atoms with van der Waals surface area (Å²) in [6.45, 7) is 6.78. The van der Waals surface area contributed by atoms with Gasteiger partial charge in [-0.15, -0.1) is 0 Å². The van der Waals surface area contributed by atoms with E-state index >= 15 is 0 Å². The molecule has 0 aliphatic carbocycles. The minimum Gasteiger partial charge on any atom is -0.508 e. The SMILES string of the molecule is CCOC(CN/C=C(/C#N)C(=O)Nc1ccc(O)cc1C)OCC. The fraction of sp³-hybridized carbons (Fsp3) is 0.412. The average molecular weight is 333 g/mol. The Morgan fingerprint density at radius 3 is 2.58 bits per heavy atom. The maximum Gasteiger partial charge on any atom is 0.267 e. The van der Waals surface area contributed by atoms with Crippen molar-refractivity contribution in [3.05, 3.63) is 35.5 Å². The predicted molar refractivity (Wildman–Crippen MR) is 90.2 cm³/mol. The maximum absolute atomic E-state index is 12.1. The van der Waals surface area contributed by atoms with Crippen LogP contribution in [-0.2, 0) is 14.3 Å². The highest BCUT2D eigenvalue weighted by Gasteiger charge is 2.12. The lowest BCUT2D eigenvalue weighted by Crippen LogP contribution is -2.29. The van der Waals surface area contributed by atoms with E-state index in [-0.39, 0.29) is 11.3 Å². The number of ether oxygens (including phenoxy) is 2. The summed E-state index contributed by atoms with van der Waals surface area (Å²) in [4.78, 5) is 12.1. The van der Waals surface area contributed by atoms with Crippen LogP contribution in [0.4, 0.5) is 5.69 Å². The zero-order valence-corrected chi connectivity index (χ0v) is 14.1. The van der Waals surface area contributed by atoms with Crippen LogP contribution in [0.25, 0.3) is 0 Å². The largest absolute Gasteiger partial charge is 0.508 e. The van der Waals surface area contributed by atoms with Crippen molar-refractivity contribution < 1.29 is 19.4 Å². The first-order chi connectivity index (χ1) is 11.5. The Morgan fingerprint density at radius 2 is 2.04 bits per heavy atom. The van der Waals surface area contributed by atoms with Crippen molar-refractivity contribution >= 4 is 11.6 Å². The molecule has 0 bridgehead atoms. The molecule has 130 valence electrons. The van der Waals surface area contributed by atoms with Gasteiger partial charge < -0.3 is 25.2 Å². The second kappa shape index (κ2) is 10.3. The zero-order chi connectivity index (χ0) is 17.9. The number of nitrogens with one attached hydrogen (secondary N) is 2. The van der Waals surface area contributed by atoms with Gasteiger partial charge in [0.1, 0.15) is 17.4 Å². The second-order valence-corrected chi connectivity index (χ2v) is 4.87. The van der Waals surface area contributed by atoms with Gasteiger partial charge >= 0.3 is 0 Å². The molecule has 0 atom stereocenters. The summed E-state index contributed by atoms with van der Waals surface area (Å²) in [6.07, 6.45) is 0.884. The van der Waals surface area contributed by atoms with E-state index in [0.29, 0.717) is 31.0 Å². The molecule has 0 saturated heterocycles. The van der Waals surface area contributed by atoms with Crippen LogP contribution in [0.1, 0.15) is 19.4 Å². The number of carbonyl (C=O) groups is 1. The lowest BCUT2D eigenvalue weighted by molar-refractivity contribution is -0.131. The van der Waals surface area contributed by atoms with Crippen LogP contribution in [-0.4, -0.2) is 37.1 Å². The van der Waals surface area contributed by atoms with Gasteiger partial charge in [-0.05, 0) is 44.5 Å². The Kier molecular flexibility index (Phi) is 8.33. The third kappa shape index (κ3) is 6.28. The molecule has 0 fully saturated rings. The molecule has 0 saturated carbocycles. The Labute approximate surface area is 141 Å². The third-order valence-electron chi connectivity index (χ3n) is 3.06. The Hall–Kier alpha value is -2.56. The zero-order valence-electron chi connectivity index (χ0n) is 14.1. The highest BCUT2D eigenvalue weighted by atomic mass is 16.7. The molecule has 0 spiro atoms. The smallest absolute Gasteiger partial charge is 0.267 e. The van der Waals surface area contributed by atoms with Crippen molar-refractivity contribution in [1.82, 2.24) is 5.32 Å². The fourth-order valence-corrected chi connectivity index (χ4v) is 1.92. The lowest BCUT2D eigenvalue weighted by atomic mass is 10.2. The monoisotopic (exact) mass is 333 g/mol. The van der Waals surface area contributed by atoms with Crippen molar-refractivity contribution in [2.45, 2.75) is 27.1 Å². The highest BCUT2D eigenvalue weighted by molar-refractivity contribution is 6.06. The Morgan fingerprint density at radius 1 is 1.38 bits per heavy atom. The van der Waals surface area contributed by atoms with Crippen LogP contribution in [0.2, 0.25) is 0 Å². The molecule has 1 aromatic rings. The number of phenols is 1. The van der Waals surface area contributed by atoms with Gasteiger partial charge in [-0.3, -0.25) is 4.79 Å². The molecule has 7 nitrogen and oxygen atoms in total. The summed E-state index contributed by atoms with van der Waals surface area (Å²) in [6, 6.07) is 6.41. The van der Waals surface area contributed by atoms with Crippen molar-refractivity contribution in [3.63, 3.8) is 0 Å². The molecule has 0 aliphatic heterocycles. The first kappa shape index (κ1) is 19.5. The molecule has 1 aromatic carbocycles. The normalized spacial score (nSPS) is 11.2. The number of nitriles is 1. The van der Waals surface area contributed by atoms with E-state index in [9.17, 15) is 9.90 Å². The molecule has 24 heavy (non-hydrogen) atoms. The summed E-state index contributed by atoms with van der Waals surface area (Å²) >= 11 is 0. The van der Waals surface area contributed by atoms with Gasteiger partial charge in [0.15, 0.2) is 6.29 Å². The first-order valence-electron chi connectivity index (χ1n) is 7.69. The van der Waals surface area contributed by atoms with Crippen LogP contribution in [0.3, 0.4) is 0 Å². The number of benzene rings is 1. The van der Waals surface area contributed by atoms with Gasteiger partial charge in [0.25, 0.3) is 5.91 Å². The van der Waals surface area contributed by atoms with Crippen molar-refractivity contribution in [2.24, 2.45) is 0 Å². The van der Waals surface area contributed by atoms with E-state index in [1.807, 2.05) is 19.9 Å². The van der Waals surface area contributed by atoms with E-state index in [1.165, 1.54) is 18.3 Å². The number of anilines is 1. The van der Waals surface area contributed by atoms with Crippen LogP contribution in [0, 0.1) is 18.3 Å². The molecule has 0 heterocycles. The number of rotatable bonds is 9. The molecule has 3 N–H and O–H groups in total. The van der Waals surface area contributed by atoms with Crippen molar-refractivity contribution in [1.29, 1.82) is 5.26 Å². The van der Waals surface area contributed by atoms with Gasteiger partial charge in [0.05, 0.1) is 6.54 Å². The number of nitrogens with zero attached hydrogens (tertiary/aromatic N) is 1. The Balaban J connectivity index is 2.67. The fourth-order valence-electron chi connectivity index (χ4n) is 1.92. The molecule has 1 amide bonds. The summed E-state index contributed by atoms with van der Waals surface area (Å²) in [7, 11) is 0. The summed E-state index contributed by atoms with van der Waals surface area (Å²) in [5.74, 6) is -0.427. The summed E-state index contributed by atoms with van der Waals surface area (Å²) in [5, 5.41) is 24.0. The number of hydrogen-bond acceptors (Lipinski definition) is 6. The third-order valence-corrected chi connectivity index (χ3v) is 3.06. The first-order valence-corrected chi connectivity index (χ1v) is 7.69. The molecule has 0 aliphatic rings. The molecule has 1 rings (SSSR count). The topological polar surface area (TPSA) is 104 Å². The summed E-state index contributed by atoms with van der Waals surface area (Å²) < 4.78 is 10.7. The van der Waals surface area contributed by atoms with Crippen LogP contribution < -0.4 is 10.6 Å². The predicted octanol–water partition coefficient (Wildman–Crippen LogP) is 2.04. The molecule has 0 aromatic heterocycles. The van der Waals surface area contributed by atoms with Gasteiger partial charge in [-0.2, -0.15) is 5.26 Å². The lowest BCUT2D eigenvalue weighted by Gasteiger charge is -2.16. The highest BCUT2D eigenvalue weighted by Crippen LogP contribution is 2.20. The number of carbonyl (C=O) groups excluding carboxylic acids is 1. The second-order valence-electron chi connectivity index (χ2n) is 4.87. The van der Waals surface area contributed by atoms with E-state index < -0.39 is 12.2 Å². The number of amides is 1. The van der Waals surface area contributed by atoms with E-state index in [4.69, 9.17) is 14.7 Å². The minimum absolute atomic E-state index is 0.0748. The quantitative estimate of drug-likeness (QED) is 0.276. The number of aromatic hydroxyl groups is 1. The van der Waals surface area contributed by atoms with Gasteiger partial charge in [-0.1, -0.05) is 0 Å². The number of phenolic OH excluding ortho intramolecular Hbond substituents is 1. The van der Waals surface area contributed by atoms with Crippen LogP contribution in [0.5, 0.6) is 5.75 Å². The molecular formula is C17H23N3O4. The van der Waals surface area contributed by atoms with E-state index in [2.05, 4.69) is 10.6 Å². The number of aryl methyl sites for hydroxylation is 1. The average Bonchev–Trinajstić information content (AvgIpc) is 2.54. The van der Waals surface area contributed by atoms with Crippen molar-refractivity contribution in [3.8, 4) is 11.8 Å². The van der Waals surface area contributed by atoms with Crippen LogP contribution >= 0.6 is 0 Å². The van der Waals surface area contributed by atoms with Gasteiger partial charge in [0, 0.05) is 25.1 Å². The van der Waals surface area contributed by atoms with Crippen LogP contribution in [0.15, 0.2) is 30.0 Å². The van der Waals surface area contributed by atoms with E-state index in [0.717, 1.165) is 0 Å². The number of hydrogen-bond donors (Lipinski definition) is 3. The molecule has 7 heteroatoms. The molecule has 0 unspecified atom stereocenters. The minimum atomic E-state index is -0.539. The standard InChI is InChI=1S/C17H23N3O4/c1-4-23-16(24-5-2)11-19-10-13(9-18)17(22)20-15-7-6-14(21)8-12(15)3/h6-8,10,16,19,21H,4-5,11H2,1-3H3,(H,20,22)/b13-10-. The Bertz CT molecular complexity index is 617. The van der Waals surface area contributed by atoms with Crippen molar-refractivity contribution in [2.75, 3.05) is 25.1 Å². The molecular weight excluding hydrogens is 310 g/mol. The van der Waals surface area contributed by atoms with Gasteiger partial charge in [0.2, 0.25) is 0 Å². The summed E-state index contributed by atoms with van der Waals surface area (Å²) in [5.41, 5.74) is 1.15. The van der Waals surface area contributed by atoms with Gasteiger partial charge in [-0.25, -0.2) is 0 Å². The molecule has 0 radical (unpaired) electrons. The maximum atomic E-state index is 12.1. The van der Waals surface area contributed by atoms with E-state index in [1.54, 1.807) is 13.0 Å².